The molecule has 3 rings (SSSR count). The summed E-state index contributed by atoms with van der Waals surface area (Å²) >= 11 is 0. The monoisotopic (exact) mass is 245 g/mol. The Hall–Kier alpha value is -1.25. The van der Waals surface area contributed by atoms with Crippen LogP contribution in [0.2, 0.25) is 0 Å². The van der Waals surface area contributed by atoms with Crippen LogP contribution in [0.3, 0.4) is 0 Å². The van der Waals surface area contributed by atoms with E-state index in [-0.39, 0.29) is 0 Å². The van der Waals surface area contributed by atoms with Gasteiger partial charge in [0.15, 0.2) is 0 Å². The Morgan fingerprint density at radius 2 is 1.67 bits per heavy atom. The molecule has 98 valence electrons. The molecule has 2 heterocycles. The van der Waals surface area contributed by atoms with E-state index in [2.05, 4.69) is 34.7 Å². The Kier molecular flexibility index (Phi) is 3.14. The van der Waals surface area contributed by atoms with E-state index in [1.54, 1.807) is 0 Å². The van der Waals surface area contributed by atoms with Crippen molar-refractivity contribution in [2.75, 3.05) is 22.9 Å². The minimum absolute atomic E-state index is 0.695. The van der Waals surface area contributed by atoms with E-state index in [9.17, 15) is 0 Å². The van der Waals surface area contributed by atoms with Crippen LogP contribution in [-0.4, -0.2) is 30.2 Å². The summed E-state index contributed by atoms with van der Waals surface area (Å²) in [6.45, 7) is 6.74. The Balaban J connectivity index is 2.07. The van der Waals surface area contributed by atoms with Gasteiger partial charge in [-0.25, -0.2) is 0 Å². The molecule has 0 saturated heterocycles. The molecule has 1 aromatic rings. The highest BCUT2D eigenvalue weighted by Crippen LogP contribution is 2.41. The van der Waals surface area contributed by atoms with E-state index in [1.807, 2.05) is 12.4 Å². The first-order valence-corrected chi connectivity index (χ1v) is 7.34. The molecule has 1 fully saturated rings. The molecule has 0 aromatic carbocycles. The van der Waals surface area contributed by atoms with E-state index >= 15 is 0 Å². The van der Waals surface area contributed by atoms with Crippen molar-refractivity contribution in [3.8, 4) is 0 Å². The third-order valence-corrected chi connectivity index (χ3v) is 4.57. The molecule has 0 spiro atoms. The fourth-order valence-corrected chi connectivity index (χ4v) is 3.83. The van der Waals surface area contributed by atoms with Crippen molar-refractivity contribution in [2.45, 2.75) is 51.6 Å². The quantitative estimate of drug-likeness (QED) is 0.798. The first-order valence-electron chi connectivity index (χ1n) is 7.34. The van der Waals surface area contributed by atoms with Crippen molar-refractivity contribution in [3.05, 3.63) is 18.5 Å². The van der Waals surface area contributed by atoms with Crippen LogP contribution in [0.15, 0.2) is 18.5 Å². The summed E-state index contributed by atoms with van der Waals surface area (Å²) in [5.41, 5.74) is 2.72. The normalized spacial score (nSPS) is 26.8. The van der Waals surface area contributed by atoms with Crippen LogP contribution in [0, 0.1) is 0 Å². The average molecular weight is 245 g/mol. The maximum Gasteiger partial charge on any atom is 0.0793 e. The maximum absolute atomic E-state index is 4.33. The lowest BCUT2D eigenvalue weighted by Gasteiger charge is -2.51. The summed E-state index contributed by atoms with van der Waals surface area (Å²) < 4.78 is 0. The second-order valence-electron chi connectivity index (χ2n) is 5.36. The predicted molar refractivity (Wildman–Crippen MR) is 76.3 cm³/mol. The minimum Gasteiger partial charge on any atom is -0.365 e. The average Bonchev–Trinajstić information content (AvgIpc) is 2.44. The van der Waals surface area contributed by atoms with Crippen molar-refractivity contribution < 1.29 is 0 Å². The minimum atomic E-state index is 0.695. The molecule has 0 N–H and O–H groups in total. The molecule has 18 heavy (non-hydrogen) atoms. The summed E-state index contributed by atoms with van der Waals surface area (Å²) in [7, 11) is 0. The van der Waals surface area contributed by atoms with Crippen LogP contribution in [-0.2, 0) is 0 Å². The SMILES string of the molecule is CCN1c2ccncc2N(CC)C2CCCCC21. The van der Waals surface area contributed by atoms with Gasteiger partial charge >= 0.3 is 0 Å². The van der Waals surface area contributed by atoms with Gasteiger partial charge in [0.25, 0.3) is 0 Å². The topological polar surface area (TPSA) is 19.4 Å². The number of anilines is 2. The fraction of sp³-hybridized carbons (Fsp3) is 0.667. The second-order valence-corrected chi connectivity index (χ2v) is 5.36. The van der Waals surface area contributed by atoms with Crippen molar-refractivity contribution in [2.24, 2.45) is 0 Å². The highest BCUT2D eigenvalue weighted by atomic mass is 15.3. The molecular formula is C15H23N3. The van der Waals surface area contributed by atoms with E-state index < -0.39 is 0 Å². The van der Waals surface area contributed by atoms with Gasteiger partial charge in [-0.15, -0.1) is 0 Å². The third kappa shape index (κ3) is 1.68. The first-order chi connectivity index (χ1) is 8.86. The molecule has 1 saturated carbocycles. The van der Waals surface area contributed by atoms with E-state index in [1.165, 1.54) is 37.1 Å². The highest BCUT2D eigenvalue weighted by molar-refractivity contribution is 5.73. The molecule has 2 aliphatic rings. The molecule has 1 aliphatic carbocycles. The van der Waals surface area contributed by atoms with Crippen molar-refractivity contribution in [3.63, 3.8) is 0 Å². The molecule has 0 radical (unpaired) electrons. The summed E-state index contributed by atoms with van der Waals surface area (Å²) in [5, 5.41) is 0. The summed E-state index contributed by atoms with van der Waals surface area (Å²) in [6, 6.07) is 3.59. The Bertz CT molecular complexity index is 379. The Morgan fingerprint density at radius 1 is 1.06 bits per heavy atom. The number of aromatic nitrogens is 1. The van der Waals surface area contributed by atoms with Gasteiger partial charge in [-0.1, -0.05) is 12.8 Å². The van der Waals surface area contributed by atoms with Crippen LogP contribution >= 0.6 is 0 Å². The Morgan fingerprint density at radius 3 is 2.28 bits per heavy atom. The molecule has 2 atom stereocenters. The predicted octanol–water partition coefficient (Wildman–Crippen LogP) is 3.06. The largest absolute Gasteiger partial charge is 0.365 e. The van der Waals surface area contributed by atoms with Crippen LogP contribution in [0.1, 0.15) is 39.5 Å². The lowest BCUT2D eigenvalue weighted by molar-refractivity contribution is 0.339. The van der Waals surface area contributed by atoms with Gasteiger partial charge in [0.2, 0.25) is 0 Å². The van der Waals surface area contributed by atoms with Gasteiger partial charge in [0.1, 0.15) is 0 Å². The molecule has 1 aliphatic heterocycles. The van der Waals surface area contributed by atoms with Gasteiger partial charge in [-0.3, -0.25) is 4.98 Å². The molecule has 3 nitrogen and oxygen atoms in total. The van der Waals surface area contributed by atoms with Gasteiger partial charge in [-0.05, 0) is 32.8 Å². The molecule has 0 bridgehead atoms. The standard InChI is InChI=1S/C15H23N3/c1-3-17-12-7-5-6-8-13(12)18(4-2)15-11-16-10-9-14(15)17/h9-13H,3-8H2,1-2H3. The smallest absolute Gasteiger partial charge is 0.0793 e. The van der Waals surface area contributed by atoms with Crippen molar-refractivity contribution in [1.82, 2.24) is 4.98 Å². The molecule has 2 unspecified atom stereocenters. The zero-order chi connectivity index (χ0) is 12.5. The summed E-state index contributed by atoms with van der Waals surface area (Å²) in [5.74, 6) is 0. The van der Waals surface area contributed by atoms with E-state index in [4.69, 9.17) is 0 Å². The van der Waals surface area contributed by atoms with Crippen molar-refractivity contribution in [1.29, 1.82) is 0 Å². The van der Waals surface area contributed by atoms with Crippen LogP contribution in [0.5, 0.6) is 0 Å². The maximum atomic E-state index is 4.33. The molecular weight excluding hydrogens is 222 g/mol. The van der Waals surface area contributed by atoms with Gasteiger partial charge in [0.05, 0.1) is 17.6 Å². The number of hydrogen-bond acceptors (Lipinski definition) is 3. The third-order valence-electron chi connectivity index (χ3n) is 4.57. The lowest BCUT2D eigenvalue weighted by atomic mass is 9.85. The number of rotatable bonds is 2. The van der Waals surface area contributed by atoms with Gasteiger partial charge in [-0.2, -0.15) is 0 Å². The zero-order valence-corrected chi connectivity index (χ0v) is 11.5. The van der Waals surface area contributed by atoms with E-state index in [0.29, 0.717) is 12.1 Å². The van der Waals surface area contributed by atoms with Crippen LogP contribution < -0.4 is 9.80 Å². The summed E-state index contributed by atoms with van der Waals surface area (Å²) in [6.07, 6.45) is 9.42. The van der Waals surface area contributed by atoms with Crippen LogP contribution in [0.4, 0.5) is 11.4 Å². The number of fused-ring (bicyclic) bond motifs is 2. The number of likely N-dealkylation sites (N-methyl/N-ethyl adjacent to an activating group) is 2. The van der Waals surface area contributed by atoms with Gasteiger partial charge < -0.3 is 9.80 Å². The van der Waals surface area contributed by atoms with E-state index in [0.717, 1.165) is 13.1 Å². The highest BCUT2D eigenvalue weighted by Gasteiger charge is 2.39. The lowest BCUT2D eigenvalue weighted by Crippen LogP contribution is -2.57. The van der Waals surface area contributed by atoms with Crippen molar-refractivity contribution >= 4 is 11.4 Å². The summed E-state index contributed by atoms with van der Waals surface area (Å²) in [4.78, 5) is 9.52. The number of pyridine rings is 1. The molecule has 0 amide bonds. The van der Waals surface area contributed by atoms with Gasteiger partial charge in [0, 0.05) is 31.4 Å². The Labute approximate surface area is 110 Å². The number of nitrogens with zero attached hydrogens (tertiary/aromatic N) is 3. The second kappa shape index (κ2) is 4.79. The molecule has 1 aromatic heterocycles. The first kappa shape index (κ1) is 11.8. The zero-order valence-electron chi connectivity index (χ0n) is 11.5. The number of hydrogen-bond donors (Lipinski definition) is 0. The van der Waals surface area contributed by atoms with Crippen LogP contribution in [0.25, 0.3) is 0 Å². The fourth-order valence-electron chi connectivity index (χ4n) is 3.83. The molecule has 3 heteroatoms.